The van der Waals surface area contributed by atoms with Crippen molar-refractivity contribution in [1.82, 2.24) is 5.01 Å². The van der Waals surface area contributed by atoms with E-state index in [1.165, 1.54) is 5.01 Å². The van der Waals surface area contributed by atoms with Crippen LogP contribution in [0.2, 0.25) is 0 Å². The van der Waals surface area contributed by atoms with Crippen LogP contribution in [-0.2, 0) is 21.2 Å². The Morgan fingerprint density at radius 3 is 2.40 bits per heavy atom. The van der Waals surface area contributed by atoms with Crippen molar-refractivity contribution < 1.29 is 22.7 Å². The van der Waals surface area contributed by atoms with E-state index < -0.39 is 10.0 Å². The van der Waals surface area contributed by atoms with Gasteiger partial charge in [0.05, 0.1) is 39.2 Å². The molecule has 0 bridgehead atoms. The van der Waals surface area contributed by atoms with Crippen molar-refractivity contribution in [3.05, 3.63) is 52.0 Å². The summed E-state index contributed by atoms with van der Waals surface area (Å²) >= 11 is 3.47. The Morgan fingerprint density at radius 1 is 1.17 bits per heavy atom. The van der Waals surface area contributed by atoms with Crippen LogP contribution in [-0.4, -0.2) is 52.1 Å². The molecule has 1 aliphatic rings. The largest absolute Gasteiger partial charge is 0.493 e. The Balaban J connectivity index is 1.72. The molecule has 0 saturated carbocycles. The number of sulfonamides is 1. The maximum atomic E-state index is 12.8. The molecule has 1 aliphatic heterocycles. The lowest BCUT2D eigenvalue weighted by Crippen LogP contribution is -2.25. The summed E-state index contributed by atoms with van der Waals surface area (Å²) in [6, 6.07) is 10.5. The molecule has 1 heterocycles. The number of hydrazone groups is 1. The van der Waals surface area contributed by atoms with Gasteiger partial charge in [0.15, 0.2) is 11.5 Å². The van der Waals surface area contributed by atoms with Crippen molar-refractivity contribution in [2.45, 2.75) is 12.8 Å². The van der Waals surface area contributed by atoms with E-state index in [4.69, 9.17) is 9.47 Å². The highest BCUT2D eigenvalue weighted by atomic mass is 79.9. The van der Waals surface area contributed by atoms with Crippen molar-refractivity contribution in [3.8, 4) is 11.5 Å². The molecule has 0 saturated heterocycles. The van der Waals surface area contributed by atoms with Gasteiger partial charge in [-0.2, -0.15) is 5.10 Å². The monoisotopic (exact) mass is 495 g/mol. The third kappa shape index (κ3) is 5.31. The van der Waals surface area contributed by atoms with Crippen LogP contribution in [0.3, 0.4) is 0 Å². The number of ether oxygens (including phenoxy) is 2. The van der Waals surface area contributed by atoms with Crippen LogP contribution in [0.5, 0.6) is 11.5 Å². The van der Waals surface area contributed by atoms with E-state index in [0.29, 0.717) is 30.2 Å². The van der Waals surface area contributed by atoms with Gasteiger partial charge in [0, 0.05) is 16.6 Å². The third-order valence-electron chi connectivity index (χ3n) is 4.51. The first-order valence-electron chi connectivity index (χ1n) is 9.06. The molecule has 0 fully saturated rings. The molecule has 8 nitrogen and oxygen atoms in total. The number of anilines is 1. The molecular formula is C20H22BrN3O5S. The molecule has 0 atom stereocenters. The molecule has 0 aromatic heterocycles. The van der Waals surface area contributed by atoms with Gasteiger partial charge in [-0.05, 0) is 35.4 Å². The highest BCUT2D eigenvalue weighted by Gasteiger charge is 2.23. The summed E-state index contributed by atoms with van der Waals surface area (Å²) in [5.41, 5.74) is 2.88. The van der Waals surface area contributed by atoms with Crippen LogP contribution in [0.15, 0.2) is 46.0 Å². The van der Waals surface area contributed by atoms with Gasteiger partial charge in [0.2, 0.25) is 15.9 Å². The number of halogens is 1. The molecule has 0 aliphatic carbocycles. The molecular weight excluding hydrogens is 474 g/mol. The smallest absolute Gasteiger partial charge is 0.247 e. The van der Waals surface area contributed by atoms with Gasteiger partial charge in [-0.1, -0.05) is 28.1 Å². The number of nitrogens with zero attached hydrogens (tertiary/aromatic N) is 2. The quantitative estimate of drug-likeness (QED) is 0.636. The highest BCUT2D eigenvalue weighted by molar-refractivity contribution is 9.10. The Labute approximate surface area is 184 Å². The molecule has 0 unspecified atom stereocenters. The summed E-state index contributed by atoms with van der Waals surface area (Å²) in [5, 5.41) is 5.91. The minimum absolute atomic E-state index is 0.131. The van der Waals surface area contributed by atoms with Crippen LogP contribution in [0.4, 0.5) is 5.69 Å². The first kappa shape index (κ1) is 22.1. The minimum Gasteiger partial charge on any atom is -0.493 e. The fourth-order valence-electron chi connectivity index (χ4n) is 3.07. The zero-order valence-electron chi connectivity index (χ0n) is 16.8. The van der Waals surface area contributed by atoms with E-state index in [2.05, 4.69) is 25.8 Å². The molecule has 10 heteroatoms. The van der Waals surface area contributed by atoms with Crippen LogP contribution in [0, 0.1) is 0 Å². The third-order valence-corrected chi connectivity index (χ3v) is 5.85. The number of hydrogen-bond donors (Lipinski definition) is 1. The summed E-state index contributed by atoms with van der Waals surface area (Å²) in [5.74, 6) is 1.00. The lowest BCUT2D eigenvalue weighted by molar-refractivity contribution is -0.130. The number of carbonyl (C=O) groups is 1. The van der Waals surface area contributed by atoms with E-state index in [0.717, 1.165) is 27.6 Å². The zero-order valence-corrected chi connectivity index (χ0v) is 19.2. The molecule has 160 valence electrons. The van der Waals surface area contributed by atoms with Crippen LogP contribution in [0.25, 0.3) is 0 Å². The average molecular weight is 496 g/mol. The Morgan fingerprint density at radius 2 is 1.80 bits per heavy atom. The summed E-state index contributed by atoms with van der Waals surface area (Å²) < 4.78 is 36.4. The minimum atomic E-state index is -3.33. The number of carbonyl (C=O) groups excluding carboxylic acids is 1. The Kier molecular flexibility index (Phi) is 6.67. The standard InChI is InChI=1S/C20H22BrN3O5S/c1-28-18-10-14(16(21)12-19(18)29-2)11-20(25)24-9-8-17(22-24)13-4-6-15(7-5-13)23-30(3,26)27/h4-7,10,12,23H,8-9,11H2,1-3H3. The van der Waals surface area contributed by atoms with Crippen molar-refractivity contribution in [1.29, 1.82) is 0 Å². The zero-order chi connectivity index (χ0) is 21.9. The topological polar surface area (TPSA) is 97.3 Å². The maximum Gasteiger partial charge on any atom is 0.247 e. The summed E-state index contributed by atoms with van der Waals surface area (Å²) in [6.07, 6.45) is 1.88. The van der Waals surface area contributed by atoms with Gasteiger partial charge in [0.25, 0.3) is 0 Å². The SMILES string of the molecule is COc1cc(Br)c(CC(=O)N2CCC(c3ccc(NS(C)(=O)=O)cc3)=N2)cc1OC. The maximum absolute atomic E-state index is 12.8. The molecule has 2 aromatic rings. The summed E-state index contributed by atoms with van der Waals surface area (Å²) in [4.78, 5) is 12.8. The van der Waals surface area contributed by atoms with E-state index in [9.17, 15) is 13.2 Å². The Hall–Kier alpha value is -2.59. The van der Waals surface area contributed by atoms with Crippen LogP contribution >= 0.6 is 15.9 Å². The number of benzene rings is 2. The average Bonchev–Trinajstić information content (AvgIpc) is 3.19. The van der Waals surface area contributed by atoms with Crippen LogP contribution in [0.1, 0.15) is 17.5 Å². The van der Waals surface area contributed by atoms with Gasteiger partial charge in [-0.3, -0.25) is 9.52 Å². The van der Waals surface area contributed by atoms with Gasteiger partial charge >= 0.3 is 0 Å². The number of methoxy groups -OCH3 is 2. The van der Waals surface area contributed by atoms with Crippen molar-refractivity contribution >= 4 is 43.3 Å². The molecule has 1 amide bonds. The molecule has 0 radical (unpaired) electrons. The highest BCUT2D eigenvalue weighted by Crippen LogP contribution is 2.33. The summed E-state index contributed by atoms with van der Waals surface area (Å²) in [6.45, 7) is 0.489. The number of amides is 1. The number of rotatable bonds is 7. The molecule has 2 aromatic carbocycles. The fourth-order valence-corrected chi connectivity index (χ4v) is 4.10. The van der Waals surface area contributed by atoms with E-state index in [1.807, 2.05) is 0 Å². The summed E-state index contributed by atoms with van der Waals surface area (Å²) in [7, 11) is -0.224. The van der Waals surface area contributed by atoms with Gasteiger partial charge in [0.1, 0.15) is 0 Å². The van der Waals surface area contributed by atoms with E-state index in [-0.39, 0.29) is 12.3 Å². The second kappa shape index (κ2) is 9.05. The predicted molar refractivity (Wildman–Crippen MR) is 119 cm³/mol. The molecule has 1 N–H and O–H groups in total. The normalized spacial score (nSPS) is 13.7. The van der Waals surface area contributed by atoms with Crippen molar-refractivity contribution in [2.24, 2.45) is 5.10 Å². The van der Waals surface area contributed by atoms with Crippen molar-refractivity contribution in [2.75, 3.05) is 31.7 Å². The fraction of sp³-hybridized carbons (Fsp3) is 0.300. The van der Waals surface area contributed by atoms with Crippen LogP contribution < -0.4 is 14.2 Å². The lowest BCUT2D eigenvalue weighted by Gasteiger charge is -2.14. The van der Waals surface area contributed by atoms with Gasteiger partial charge in [-0.25, -0.2) is 13.4 Å². The molecule has 3 rings (SSSR count). The van der Waals surface area contributed by atoms with Gasteiger partial charge < -0.3 is 9.47 Å². The molecule has 0 spiro atoms. The van der Waals surface area contributed by atoms with E-state index >= 15 is 0 Å². The number of hydrogen-bond acceptors (Lipinski definition) is 6. The second-order valence-corrected chi connectivity index (χ2v) is 9.34. The molecule has 30 heavy (non-hydrogen) atoms. The Bertz CT molecular complexity index is 1080. The van der Waals surface area contributed by atoms with E-state index in [1.54, 1.807) is 50.6 Å². The van der Waals surface area contributed by atoms with Gasteiger partial charge in [-0.15, -0.1) is 0 Å². The first-order chi connectivity index (χ1) is 14.2. The van der Waals surface area contributed by atoms with Crippen molar-refractivity contribution in [3.63, 3.8) is 0 Å². The first-order valence-corrected chi connectivity index (χ1v) is 11.7. The second-order valence-electron chi connectivity index (χ2n) is 6.74. The lowest BCUT2D eigenvalue weighted by atomic mass is 10.1. The predicted octanol–water partition coefficient (Wildman–Crippen LogP) is 3.02. The number of nitrogens with one attached hydrogen (secondary N) is 1.